The van der Waals surface area contributed by atoms with Crippen LogP contribution in [0.1, 0.15) is 31.1 Å². The minimum atomic E-state index is 0. The van der Waals surface area contributed by atoms with Gasteiger partial charge in [0.2, 0.25) is 0 Å². The third-order valence-electron chi connectivity index (χ3n) is 4.97. The molecule has 0 spiro atoms. The number of guanidine groups is 1. The van der Waals surface area contributed by atoms with E-state index in [4.69, 9.17) is 4.42 Å². The predicted molar refractivity (Wildman–Crippen MR) is 115 cm³/mol. The highest BCUT2D eigenvalue weighted by atomic mass is 127. The third-order valence-corrected chi connectivity index (χ3v) is 4.97. The minimum Gasteiger partial charge on any atom is -0.459 e. The van der Waals surface area contributed by atoms with Gasteiger partial charge in [-0.2, -0.15) is 0 Å². The van der Waals surface area contributed by atoms with Crippen molar-refractivity contribution in [2.24, 2.45) is 4.99 Å². The summed E-state index contributed by atoms with van der Waals surface area (Å²) in [6.45, 7) is 5.87. The minimum absolute atomic E-state index is 0. The fourth-order valence-electron chi connectivity index (χ4n) is 3.01. The van der Waals surface area contributed by atoms with Crippen molar-refractivity contribution in [3.63, 3.8) is 0 Å². The van der Waals surface area contributed by atoms with Gasteiger partial charge in [0, 0.05) is 36.6 Å². The number of aryl methyl sites for hydroxylation is 1. The van der Waals surface area contributed by atoms with Gasteiger partial charge >= 0.3 is 0 Å². The fourth-order valence-corrected chi connectivity index (χ4v) is 3.01. The maximum Gasteiger partial charge on any atom is 0.191 e. The standard InChI is InChI=1S/C19H28N4O.HI/c1-13(23(4)15-9-10-15)11-21-19(20-3)22-12-18-14(2)16-7-5-6-8-17(16)24-18;/h5-8,13,15H,9-12H2,1-4H3,(H2,20,21,22);1H. The van der Waals surface area contributed by atoms with Crippen LogP contribution in [0.3, 0.4) is 0 Å². The number of likely N-dealkylation sites (N-methyl/N-ethyl adjacent to an activating group) is 1. The van der Waals surface area contributed by atoms with Crippen LogP contribution in [0, 0.1) is 6.92 Å². The Morgan fingerprint density at radius 1 is 1.32 bits per heavy atom. The number of rotatable bonds is 6. The highest BCUT2D eigenvalue weighted by Gasteiger charge is 2.28. The SMILES string of the molecule is CN=C(NCc1oc2ccccc2c1C)NCC(C)N(C)C1CC1.I. The van der Waals surface area contributed by atoms with Crippen LogP contribution in [0.4, 0.5) is 0 Å². The summed E-state index contributed by atoms with van der Waals surface area (Å²) in [5, 5.41) is 7.94. The lowest BCUT2D eigenvalue weighted by Gasteiger charge is -2.25. The van der Waals surface area contributed by atoms with E-state index in [1.54, 1.807) is 7.05 Å². The van der Waals surface area contributed by atoms with E-state index in [2.05, 4.69) is 47.5 Å². The summed E-state index contributed by atoms with van der Waals surface area (Å²) in [7, 11) is 4.01. The van der Waals surface area contributed by atoms with E-state index in [1.807, 2.05) is 18.2 Å². The number of halogens is 1. The molecule has 0 saturated heterocycles. The lowest BCUT2D eigenvalue weighted by atomic mass is 10.1. The van der Waals surface area contributed by atoms with E-state index < -0.39 is 0 Å². The quantitative estimate of drug-likeness (QED) is 0.397. The Labute approximate surface area is 167 Å². The highest BCUT2D eigenvalue weighted by Crippen LogP contribution is 2.26. The number of fused-ring (bicyclic) bond motifs is 1. The van der Waals surface area contributed by atoms with Crippen LogP contribution in [0.15, 0.2) is 33.7 Å². The molecule has 25 heavy (non-hydrogen) atoms. The summed E-state index contributed by atoms with van der Waals surface area (Å²) < 4.78 is 5.94. The van der Waals surface area contributed by atoms with Crippen molar-refractivity contribution in [1.82, 2.24) is 15.5 Å². The molecule has 1 aliphatic carbocycles. The van der Waals surface area contributed by atoms with Crippen molar-refractivity contribution >= 4 is 40.9 Å². The van der Waals surface area contributed by atoms with E-state index in [1.165, 1.54) is 23.8 Å². The summed E-state index contributed by atoms with van der Waals surface area (Å²) >= 11 is 0. The van der Waals surface area contributed by atoms with Gasteiger partial charge in [0.05, 0.1) is 6.54 Å². The summed E-state index contributed by atoms with van der Waals surface area (Å²) in [5.41, 5.74) is 2.13. The third kappa shape index (κ3) is 4.88. The molecular weight excluding hydrogens is 427 g/mol. The van der Waals surface area contributed by atoms with Gasteiger partial charge in [0.25, 0.3) is 0 Å². The Morgan fingerprint density at radius 2 is 2.04 bits per heavy atom. The zero-order chi connectivity index (χ0) is 17.1. The normalized spacial score (nSPS) is 16.0. The van der Waals surface area contributed by atoms with E-state index in [9.17, 15) is 0 Å². The maximum atomic E-state index is 5.94. The molecule has 6 heteroatoms. The van der Waals surface area contributed by atoms with Crippen LogP contribution in [0.5, 0.6) is 0 Å². The lowest BCUT2D eigenvalue weighted by molar-refractivity contribution is 0.247. The second-order valence-corrected chi connectivity index (χ2v) is 6.70. The Bertz CT molecular complexity index is 723. The number of furan rings is 1. The molecule has 2 N–H and O–H groups in total. The van der Waals surface area contributed by atoms with Gasteiger partial charge in [-0.05, 0) is 39.8 Å². The van der Waals surface area contributed by atoms with Crippen LogP contribution in [0.25, 0.3) is 11.0 Å². The summed E-state index contributed by atoms with van der Waals surface area (Å²) in [6, 6.07) is 9.41. The molecule has 1 saturated carbocycles. The zero-order valence-corrected chi connectivity index (χ0v) is 17.8. The molecule has 5 nitrogen and oxygen atoms in total. The summed E-state index contributed by atoms with van der Waals surface area (Å²) in [4.78, 5) is 6.76. The number of nitrogens with zero attached hydrogens (tertiary/aromatic N) is 2. The molecule has 1 unspecified atom stereocenters. The first-order chi connectivity index (χ1) is 11.6. The van der Waals surface area contributed by atoms with Gasteiger partial charge in [0.1, 0.15) is 11.3 Å². The maximum absolute atomic E-state index is 5.94. The Hall–Kier alpha value is -1.28. The highest BCUT2D eigenvalue weighted by molar-refractivity contribution is 14.0. The molecular formula is C19H29IN4O. The van der Waals surface area contributed by atoms with E-state index in [0.29, 0.717) is 12.6 Å². The molecule has 138 valence electrons. The summed E-state index contributed by atoms with van der Waals surface area (Å²) in [6.07, 6.45) is 2.66. The first-order valence-corrected chi connectivity index (χ1v) is 8.73. The van der Waals surface area contributed by atoms with E-state index >= 15 is 0 Å². The van der Waals surface area contributed by atoms with Crippen molar-refractivity contribution in [1.29, 1.82) is 0 Å². The van der Waals surface area contributed by atoms with Gasteiger partial charge < -0.3 is 15.1 Å². The Kier molecular flexibility index (Phi) is 7.13. The van der Waals surface area contributed by atoms with Gasteiger partial charge in [0.15, 0.2) is 5.96 Å². The molecule has 1 aliphatic rings. The predicted octanol–water partition coefficient (Wildman–Crippen LogP) is 3.51. The smallest absolute Gasteiger partial charge is 0.191 e. The molecule has 0 amide bonds. The second kappa shape index (κ2) is 8.89. The van der Waals surface area contributed by atoms with E-state index in [0.717, 1.165) is 29.9 Å². The van der Waals surface area contributed by atoms with Gasteiger partial charge in [-0.25, -0.2) is 0 Å². The first kappa shape index (κ1) is 20.0. The second-order valence-electron chi connectivity index (χ2n) is 6.70. The van der Waals surface area contributed by atoms with Crippen molar-refractivity contribution in [2.45, 2.75) is 45.3 Å². The average molecular weight is 456 g/mol. The first-order valence-electron chi connectivity index (χ1n) is 8.73. The fraction of sp³-hybridized carbons (Fsp3) is 0.526. The van der Waals surface area contributed by atoms with Crippen molar-refractivity contribution in [3.8, 4) is 0 Å². The molecule has 0 radical (unpaired) electrons. The number of para-hydroxylation sites is 1. The largest absolute Gasteiger partial charge is 0.459 e. The van der Waals surface area contributed by atoms with Crippen molar-refractivity contribution in [3.05, 3.63) is 35.6 Å². The summed E-state index contributed by atoms with van der Waals surface area (Å²) in [5.74, 6) is 1.77. The number of aliphatic imine (C=N–C) groups is 1. The number of hydrogen-bond acceptors (Lipinski definition) is 3. The molecule has 3 rings (SSSR count). The van der Waals surface area contributed by atoms with Gasteiger partial charge in [-0.15, -0.1) is 24.0 Å². The molecule has 0 bridgehead atoms. The molecule has 2 aromatic rings. The van der Waals surface area contributed by atoms with Crippen molar-refractivity contribution < 1.29 is 4.42 Å². The molecule has 1 aromatic carbocycles. The lowest BCUT2D eigenvalue weighted by Crippen LogP contribution is -2.45. The molecule has 1 atom stereocenters. The number of benzene rings is 1. The number of hydrogen-bond donors (Lipinski definition) is 2. The van der Waals surface area contributed by atoms with Crippen LogP contribution in [-0.4, -0.2) is 43.6 Å². The number of nitrogens with one attached hydrogen (secondary N) is 2. The Balaban J connectivity index is 0.00000225. The van der Waals surface area contributed by atoms with Crippen LogP contribution in [0.2, 0.25) is 0 Å². The molecule has 1 fully saturated rings. The van der Waals surface area contributed by atoms with Crippen LogP contribution >= 0.6 is 24.0 Å². The van der Waals surface area contributed by atoms with Gasteiger partial charge in [-0.3, -0.25) is 9.89 Å². The molecule has 1 heterocycles. The molecule has 1 aromatic heterocycles. The monoisotopic (exact) mass is 456 g/mol. The average Bonchev–Trinajstić information content (AvgIpc) is 3.40. The van der Waals surface area contributed by atoms with E-state index in [-0.39, 0.29) is 24.0 Å². The van der Waals surface area contributed by atoms with Crippen LogP contribution < -0.4 is 10.6 Å². The van der Waals surface area contributed by atoms with Crippen LogP contribution in [-0.2, 0) is 6.54 Å². The van der Waals surface area contributed by atoms with Gasteiger partial charge in [-0.1, -0.05) is 18.2 Å². The Morgan fingerprint density at radius 3 is 2.68 bits per heavy atom. The topological polar surface area (TPSA) is 52.8 Å². The zero-order valence-electron chi connectivity index (χ0n) is 15.5. The van der Waals surface area contributed by atoms with Crippen molar-refractivity contribution in [2.75, 3.05) is 20.6 Å². The molecule has 0 aliphatic heterocycles.